The molecule has 0 unspecified atom stereocenters. The fourth-order valence-electron chi connectivity index (χ4n) is 1.05. The summed E-state index contributed by atoms with van der Waals surface area (Å²) in [6, 6.07) is 0. The molecule has 0 atom stereocenters. The number of rotatable bonds is 1. The molecular weight excluding hydrogens is 112 g/mol. The SMILES string of the molecule is C=[SiH]C1=CCCCC1. The Morgan fingerprint density at radius 2 is 2.38 bits per heavy atom. The van der Waals surface area contributed by atoms with E-state index < -0.39 is 0 Å². The smallest absolute Gasteiger partial charge is 0.0160 e. The first-order valence-electron chi connectivity index (χ1n) is 3.25. The highest BCUT2D eigenvalue weighted by Gasteiger charge is 1.97. The largest absolute Gasteiger partial charge is 0.117 e. The van der Waals surface area contributed by atoms with Crippen LogP contribution in [0.4, 0.5) is 0 Å². The van der Waals surface area contributed by atoms with Gasteiger partial charge in [-0.15, -0.1) is 6.17 Å². The first kappa shape index (κ1) is 5.95. The number of hydrogen-bond donors (Lipinski definition) is 0. The summed E-state index contributed by atoms with van der Waals surface area (Å²) in [6.07, 6.45) is 11.8. The van der Waals surface area contributed by atoms with Crippen molar-refractivity contribution in [2.45, 2.75) is 25.7 Å². The van der Waals surface area contributed by atoms with Crippen molar-refractivity contribution in [1.29, 1.82) is 0 Å². The van der Waals surface area contributed by atoms with E-state index in [9.17, 15) is 0 Å². The minimum Gasteiger partial charge on any atom is -0.117 e. The third-order valence-corrected chi connectivity index (χ3v) is 2.64. The van der Waals surface area contributed by atoms with Crippen LogP contribution in [0.5, 0.6) is 0 Å². The molecule has 0 saturated heterocycles. The van der Waals surface area contributed by atoms with Gasteiger partial charge in [-0.25, -0.2) is 0 Å². The van der Waals surface area contributed by atoms with E-state index in [0.29, 0.717) is 9.13 Å². The van der Waals surface area contributed by atoms with Crippen molar-refractivity contribution in [3.63, 3.8) is 0 Å². The van der Waals surface area contributed by atoms with Gasteiger partial charge in [0.1, 0.15) is 0 Å². The van der Waals surface area contributed by atoms with Gasteiger partial charge >= 0.3 is 0 Å². The zero-order valence-corrected chi connectivity index (χ0v) is 6.34. The number of allylic oxidation sites excluding steroid dienone is 2. The van der Waals surface area contributed by atoms with Crippen molar-refractivity contribution in [3.05, 3.63) is 11.3 Å². The molecule has 0 saturated carbocycles. The standard InChI is InChI=1S/C7H12Si/c1-8-7-5-3-2-4-6-7/h5,8H,1-4,6H2. The Balaban J connectivity index is 2.49. The van der Waals surface area contributed by atoms with Crippen LogP contribution < -0.4 is 0 Å². The second kappa shape index (κ2) is 2.97. The monoisotopic (exact) mass is 124 g/mol. The molecule has 0 fully saturated rings. The second-order valence-corrected chi connectivity index (χ2v) is 3.38. The summed E-state index contributed by atoms with van der Waals surface area (Å²) < 4.78 is 0. The highest BCUT2D eigenvalue weighted by Crippen LogP contribution is 2.14. The third-order valence-electron chi connectivity index (χ3n) is 1.59. The quantitative estimate of drug-likeness (QED) is 0.462. The van der Waals surface area contributed by atoms with E-state index in [4.69, 9.17) is 0 Å². The van der Waals surface area contributed by atoms with Crippen LogP contribution in [0, 0.1) is 0 Å². The molecule has 0 radical (unpaired) electrons. The molecule has 0 amide bonds. The molecule has 1 aliphatic carbocycles. The van der Waals surface area contributed by atoms with E-state index in [1.54, 1.807) is 5.20 Å². The van der Waals surface area contributed by atoms with E-state index in [-0.39, 0.29) is 0 Å². The van der Waals surface area contributed by atoms with Gasteiger partial charge in [0.05, 0.1) is 0 Å². The average molecular weight is 124 g/mol. The Hall–Kier alpha value is -0.173. The Morgan fingerprint density at radius 1 is 1.50 bits per heavy atom. The molecule has 0 heterocycles. The van der Waals surface area contributed by atoms with Gasteiger partial charge in [-0.05, 0) is 25.7 Å². The second-order valence-electron chi connectivity index (χ2n) is 2.23. The lowest BCUT2D eigenvalue weighted by Gasteiger charge is -2.06. The predicted octanol–water partition coefficient (Wildman–Crippen LogP) is 1.31. The van der Waals surface area contributed by atoms with E-state index in [0.717, 1.165) is 0 Å². The molecule has 8 heavy (non-hydrogen) atoms. The molecule has 0 bridgehead atoms. The summed E-state index contributed by atoms with van der Waals surface area (Å²) >= 11 is 0. The normalized spacial score (nSPS) is 19.8. The zero-order chi connectivity index (χ0) is 5.82. The highest BCUT2D eigenvalue weighted by molar-refractivity contribution is 6.49. The molecule has 0 aromatic rings. The molecule has 0 spiro atoms. The molecular formula is C7H12Si. The van der Waals surface area contributed by atoms with Crippen LogP contribution in [0.15, 0.2) is 11.3 Å². The molecule has 0 aliphatic heterocycles. The van der Waals surface area contributed by atoms with E-state index in [2.05, 4.69) is 12.3 Å². The maximum atomic E-state index is 3.92. The van der Waals surface area contributed by atoms with Gasteiger partial charge in [0.15, 0.2) is 0 Å². The topological polar surface area (TPSA) is 0 Å². The molecule has 0 N–H and O–H groups in total. The fraction of sp³-hybridized carbons (Fsp3) is 0.571. The fourth-order valence-corrected chi connectivity index (χ4v) is 1.79. The Labute approximate surface area is 53.0 Å². The minimum atomic E-state index is 0.399. The maximum Gasteiger partial charge on any atom is 0.0160 e. The molecule has 0 nitrogen and oxygen atoms in total. The van der Waals surface area contributed by atoms with Gasteiger partial charge in [-0.3, -0.25) is 0 Å². The summed E-state index contributed by atoms with van der Waals surface area (Å²) in [6.45, 7) is 0. The van der Waals surface area contributed by atoms with E-state index >= 15 is 0 Å². The lowest BCUT2D eigenvalue weighted by molar-refractivity contribution is 0.721. The molecule has 1 rings (SSSR count). The van der Waals surface area contributed by atoms with Crippen molar-refractivity contribution >= 4 is 15.3 Å². The summed E-state index contributed by atoms with van der Waals surface area (Å²) in [5.74, 6) is 0. The van der Waals surface area contributed by atoms with Gasteiger partial charge in [-0.1, -0.05) is 11.3 Å². The van der Waals surface area contributed by atoms with Gasteiger partial charge in [0.25, 0.3) is 0 Å². The van der Waals surface area contributed by atoms with Crippen molar-refractivity contribution in [3.8, 4) is 0 Å². The Bertz CT molecular complexity index is 114. The number of hydrogen-bond acceptors (Lipinski definition) is 0. The van der Waals surface area contributed by atoms with E-state index in [1.165, 1.54) is 25.7 Å². The highest BCUT2D eigenvalue weighted by atomic mass is 28.2. The van der Waals surface area contributed by atoms with Crippen molar-refractivity contribution in [2.75, 3.05) is 0 Å². The Morgan fingerprint density at radius 3 is 2.75 bits per heavy atom. The summed E-state index contributed by atoms with van der Waals surface area (Å²) in [7, 11) is 0.399. The lowest BCUT2D eigenvalue weighted by atomic mass is 10.1. The van der Waals surface area contributed by atoms with Crippen LogP contribution in [0.1, 0.15) is 25.7 Å². The van der Waals surface area contributed by atoms with E-state index in [1.807, 2.05) is 0 Å². The van der Waals surface area contributed by atoms with Gasteiger partial charge < -0.3 is 0 Å². The van der Waals surface area contributed by atoms with Crippen LogP contribution in [0.25, 0.3) is 0 Å². The molecule has 0 aromatic carbocycles. The third kappa shape index (κ3) is 1.41. The van der Waals surface area contributed by atoms with Crippen molar-refractivity contribution in [1.82, 2.24) is 0 Å². The van der Waals surface area contributed by atoms with Gasteiger partial charge in [0, 0.05) is 9.13 Å². The predicted molar refractivity (Wildman–Crippen MR) is 40.8 cm³/mol. The van der Waals surface area contributed by atoms with Crippen LogP contribution in [-0.4, -0.2) is 15.3 Å². The summed E-state index contributed by atoms with van der Waals surface area (Å²) in [5, 5.41) is 1.65. The first-order chi connectivity index (χ1) is 3.93. The van der Waals surface area contributed by atoms with Crippen molar-refractivity contribution in [2.24, 2.45) is 0 Å². The van der Waals surface area contributed by atoms with Crippen LogP contribution in [0.2, 0.25) is 0 Å². The first-order valence-corrected chi connectivity index (χ1v) is 4.64. The van der Waals surface area contributed by atoms with Gasteiger partial charge in [0.2, 0.25) is 0 Å². The maximum absolute atomic E-state index is 3.92. The van der Waals surface area contributed by atoms with Crippen LogP contribution in [-0.2, 0) is 0 Å². The minimum absolute atomic E-state index is 0.399. The van der Waals surface area contributed by atoms with Crippen LogP contribution in [0.3, 0.4) is 0 Å². The van der Waals surface area contributed by atoms with Crippen molar-refractivity contribution < 1.29 is 0 Å². The van der Waals surface area contributed by atoms with Crippen LogP contribution >= 0.6 is 0 Å². The average Bonchev–Trinajstić information content (AvgIpc) is 1.90. The Kier molecular flexibility index (Phi) is 2.21. The zero-order valence-electron chi connectivity index (χ0n) is 5.19. The van der Waals surface area contributed by atoms with Gasteiger partial charge in [-0.2, -0.15) is 0 Å². The molecule has 1 heteroatoms. The lowest BCUT2D eigenvalue weighted by Crippen LogP contribution is -1.92. The molecule has 0 aromatic heterocycles. The molecule has 44 valence electrons. The summed E-state index contributed by atoms with van der Waals surface area (Å²) in [4.78, 5) is 0. The molecule has 1 aliphatic rings. The summed E-state index contributed by atoms with van der Waals surface area (Å²) in [5.41, 5.74) is 0.